The van der Waals surface area contributed by atoms with Crippen molar-refractivity contribution in [1.29, 1.82) is 0 Å². The highest BCUT2D eigenvalue weighted by molar-refractivity contribution is 5.81. The highest BCUT2D eigenvalue weighted by Crippen LogP contribution is 2.20. The maximum atomic E-state index is 12.5. The highest BCUT2D eigenvalue weighted by Gasteiger charge is 2.29. The molecule has 7 heteroatoms. The Bertz CT molecular complexity index is 691. The molecule has 166 valence electrons. The van der Waals surface area contributed by atoms with Crippen LogP contribution in [0.3, 0.4) is 0 Å². The van der Waals surface area contributed by atoms with E-state index in [4.69, 9.17) is 18.9 Å². The van der Waals surface area contributed by atoms with Gasteiger partial charge in [-0.3, -0.25) is 0 Å². The van der Waals surface area contributed by atoms with Crippen LogP contribution < -0.4 is 5.32 Å². The largest absolute Gasteiger partial charge is 0.466 e. The minimum Gasteiger partial charge on any atom is -0.466 e. The van der Waals surface area contributed by atoms with Gasteiger partial charge >= 0.3 is 12.1 Å². The molecule has 1 aromatic rings. The molecule has 0 aliphatic carbocycles. The van der Waals surface area contributed by atoms with E-state index >= 15 is 0 Å². The summed E-state index contributed by atoms with van der Waals surface area (Å²) in [6, 6.07) is 9.27. The number of carbonyl (C=O) groups is 2. The molecule has 0 spiro atoms. The lowest BCUT2D eigenvalue weighted by molar-refractivity contribution is -0.183. The predicted octanol–water partition coefficient (Wildman–Crippen LogP) is 3.76. The minimum atomic E-state index is -0.633. The van der Waals surface area contributed by atoms with Crippen molar-refractivity contribution in [2.24, 2.45) is 0 Å². The summed E-state index contributed by atoms with van der Waals surface area (Å²) in [6.07, 6.45) is 4.60. The summed E-state index contributed by atoms with van der Waals surface area (Å²) >= 11 is 0. The number of nitrogens with one attached hydrogen (secondary N) is 1. The fourth-order valence-corrected chi connectivity index (χ4v) is 3.09. The molecule has 1 saturated heterocycles. The number of ether oxygens (including phenoxy) is 4. The van der Waals surface area contributed by atoms with Gasteiger partial charge in [0, 0.05) is 12.7 Å². The van der Waals surface area contributed by atoms with Gasteiger partial charge in [-0.05, 0) is 58.1 Å². The Hall–Kier alpha value is -2.38. The molecule has 1 aliphatic heterocycles. The zero-order valence-electron chi connectivity index (χ0n) is 18.3. The monoisotopic (exact) mass is 419 g/mol. The molecule has 0 radical (unpaired) electrons. The molecule has 1 aromatic carbocycles. The molecule has 1 aliphatic rings. The first kappa shape index (κ1) is 23.9. The van der Waals surface area contributed by atoms with Gasteiger partial charge < -0.3 is 24.3 Å². The van der Waals surface area contributed by atoms with Crippen LogP contribution in [0.15, 0.2) is 42.5 Å². The molecule has 1 unspecified atom stereocenters. The lowest BCUT2D eigenvalue weighted by atomic mass is 10.0. The van der Waals surface area contributed by atoms with Crippen molar-refractivity contribution < 1.29 is 28.5 Å². The first-order valence-corrected chi connectivity index (χ1v) is 10.3. The molecule has 0 bridgehead atoms. The van der Waals surface area contributed by atoms with Gasteiger partial charge in [0.05, 0.1) is 19.3 Å². The van der Waals surface area contributed by atoms with Crippen molar-refractivity contribution in [1.82, 2.24) is 5.32 Å². The number of benzene rings is 1. The van der Waals surface area contributed by atoms with E-state index in [9.17, 15) is 9.59 Å². The van der Waals surface area contributed by atoms with Crippen molar-refractivity contribution in [2.45, 2.75) is 70.5 Å². The Morgan fingerprint density at radius 3 is 2.57 bits per heavy atom. The molecule has 7 nitrogen and oxygen atoms in total. The Kier molecular flexibility index (Phi) is 9.33. The van der Waals surface area contributed by atoms with Crippen molar-refractivity contribution in [3.63, 3.8) is 0 Å². The van der Waals surface area contributed by atoms with E-state index in [1.165, 1.54) is 13.2 Å². The van der Waals surface area contributed by atoms with Crippen LogP contribution in [0.2, 0.25) is 0 Å². The number of amides is 1. The van der Waals surface area contributed by atoms with E-state index < -0.39 is 36.1 Å². The molecule has 30 heavy (non-hydrogen) atoms. The topological polar surface area (TPSA) is 83.1 Å². The number of alkyl carbamates (subject to hydrolysis) is 1. The fourth-order valence-electron chi connectivity index (χ4n) is 3.09. The quantitative estimate of drug-likeness (QED) is 0.510. The van der Waals surface area contributed by atoms with Crippen molar-refractivity contribution in [3.8, 4) is 0 Å². The van der Waals surface area contributed by atoms with Crippen LogP contribution in [0.1, 0.15) is 45.6 Å². The zero-order valence-corrected chi connectivity index (χ0v) is 18.3. The Morgan fingerprint density at radius 1 is 1.23 bits per heavy atom. The number of esters is 1. The van der Waals surface area contributed by atoms with Crippen LogP contribution in [-0.4, -0.2) is 49.8 Å². The number of carbonyl (C=O) groups excluding carboxylic acids is 2. The first-order chi connectivity index (χ1) is 14.3. The van der Waals surface area contributed by atoms with E-state index in [-0.39, 0.29) is 0 Å². The molecule has 0 aromatic heterocycles. The van der Waals surface area contributed by atoms with Gasteiger partial charge in [-0.15, -0.1) is 0 Å². The molecule has 1 heterocycles. The van der Waals surface area contributed by atoms with Crippen LogP contribution in [0, 0.1) is 0 Å². The SMILES string of the molecule is COC(=O)C=C[C@H](OC1CCCCO1)[C@H](Cc1ccccc1)NC(=O)OC(C)(C)C. The van der Waals surface area contributed by atoms with E-state index in [0.717, 1.165) is 24.8 Å². The van der Waals surface area contributed by atoms with Gasteiger partial charge in [-0.25, -0.2) is 9.59 Å². The summed E-state index contributed by atoms with van der Waals surface area (Å²) in [7, 11) is 1.31. The van der Waals surface area contributed by atoms with Gasteiger partial charge in [0.25, 0.3) is 0 Å². The number of methoxy groups -OCH3 is 1. The Labute approximate surface area is 178 Å². The van der Waals surface area contributed by atoms with Gasteiger partial charge in [-0.2, -0.15) is 0 Å². The standard InChI is InChI=1S/C23H33NO6/c1-23(2,3)30-22(26)24-18(16-17-10-6-5-7-11-17)19(13-14-20(25)27-4)29-21-12-8-9-15-28-21/h5-7,10-11,13-14,18-19,21H,8-9,12,15-16H2,1-4H3,(H,24,26)/t18-,19-,21?/m0/s1. The predicted molar refractivity (Wildman–Crippen MR) is 113 cm³/mol. The second kappa shape index (κ2) is 11.7. The second-order valence-electron chi connectivity index (χ2n) is 8.22. The van der Waals surface area contributed by atoms with Crippen LogP contribution in [0.4, 0.5) is 4.79 Å². The second-order valence-corrected chi connectivity index (χ2v) is 8.22. The number of hydrogen-bond donors (Lipinski definition) is 1. The molecule has 3 atom stereocenters. The number of hydrogen-bond acceptors (Lipinski definition) is 6. The highest BCUT2D eigenvalue weighted by atomic mass is 16.7. The summed E-state index contributed by atoms with van der Waals surface area (Å²) < 4.78 is 22.0. The molecular formula is C23H33NO6. The lowest BCUT2D eigenvalue weighted by Gasteiger charge is -2.32. The fraction of sp³-hybridized carbons (Fsp3) is 0.565. The average Bonchev–Trinajstić information content (AvgIpc) is 2.70. The van der Waals surface area contributed by atoms with Gasteiger partial charge in [-0.1, -0.05) is 30.3 Å². The molecule has 0 saturated carbocycles. The summed E-state index contributed by atoms with van der Waals surface area (Å²) in [5.41, 5.74) is 0.384. The summed E-state index contributed by atoms with van der Waals surface area (Å²) in [5.74, 6) is -0.496. The van der Waals surface area contributed by atoms with Crippen LogP contribution in [0.25, 0.3) is 0 Å². The first-order valence-electron chi connectivity index (χ1n) is 10.3. The van der Waals surface area contributed by atoms with E-state index in [0.29, 0.717) is 13.0 Å². The summed E-state index contributed by atoms with van der Waals surface area (Å²) in [6.45, 7) is 6.04. The summed E-state index contributed by atoms with van der Waals surface area (Å²) in [5, 5.41) is 2.91. The van der Waals surface area contributed by atoms with Gasteiger partial charge in [0.2, 0.25) is 0 Å². The maximum Gasteiger partial charge on any atom is 0.407 e. The average molecular weight is 420 g/mol. The van der Waals surface area contributed by atoms with Crippen molar-refractivity contribution >= 4 is 12.1 Å². The summed E-state index contributed by atoms with van der Waals surface area (Å²) in [4.78, 5) is 24.2. The molecule has 2 rings (SSSR count). The third-order valence-electron chi connectivity index (χ3n) is 4.47. The van der Waals surface area contributed by atoms with Crippen LogP contribution >= 0.6 is 0 Å². The Balaban J connectivity index is 2.24. The third kappa shape index (κ3) is 8.97. The number of rotatable bonds is 8. The minimum absolute atomic E-state index is 0.398. The maximum absolute atomic E-state index is 12.5. The Morgan fingerprint density at radius 2 is 1.97 bits per heavy atom. The molecular weight excluding hydrogens is 386 g/mol. The normalized spacial score (nSPS) is 19.1. The third-order valence-corrected chi connectivity index (χ3v) is 4.47. The lowest BCUT2D eigenvalue weighted by Crippen LogP contribution is -2.48. The zero-order chi connectivity index (χ0) is 22.0. The molecule has 1 amide bonds. The van der Waals surface area contributed by atoms with E-state index in [1.807, 2.05) is 30.3 Å². The van der Waals surface area contributed by atoms with Crippen LogP contribution in [-0.2, 0) is 30.2 Å². The van der Waals surface area contributed by atoms with E-state index in [1.54, 1.807) is 26.8 Å². The van der Waals surface area contributed by atoms with E-state index in [2.05, 4.69) is 5.32 Å². The van der Waals surface area contributed by atoms with Gasteiger partial charge in [0.15, 0.2) is 6.29 Å². The van der Waals surface area contributed by atoms with Crippen LogP contribution in [0.5, 0.6) is 0 Å². The smallest absolute Gasteiger partial charge is 0.407 e. The molecule has 1 N–H and O–H groups in total. The van der Waals surface area contributed by atoms with Gasteiger partial charge in [0.1, 0.15) is 5.60 Å². The molecule has 1 fully saturated rings. The van der Waals surface area contributed by atoms with Crippen molar-refractivity contribution in [3.05, 3.63) is 48.0 Å². The van der Waals surface area contributed by atoms with Crippen molar-refractivity contribution in [2.75, 3.05) is 13.7 Å².